The van der Waals surface area contributed by atoms with E-state index in [1.165, 1.54) is 17.8 Å². The Bertz CT molecular complexity index is 1650. The van der Waals surface area contributed by atoms with E-state index in [0.29, 0.717) is 42.9 Å². The maximum absolute atomic E-state index is 12.4. The van der Waals surface area contributed by atoms with Crippen molar-refractivity contribution < 1.29 is 24.5 Å². The monoisotopic (exact) mass is 815 g/mol. The standard InChI is InChI=1S/C21H28N2O3.C11H18N2.C9H11NO2.BrH.ClH/c1-5-23(15(2)3)18-8-6-16(7-9-18)12-17-13-21(26)19(14-20(17)25)22(4)10-11-24;1-4-13(9(2)3)11-7-5-10(12)6-8-11;1-10-4-5-12-9-3-2-7(11)6-8(9)10;;/h6-9,13-15,24H,5,10-12H2,1-4H3;5-9H,4,12H2,1-3H3;2-3,6,11H,4-5H2,1H3;2*1H. The number of aliphatic hydroxyl groups is 1. The fraction of sp³-hybridized carbons (Fsp3) is 0.415. The predicted octanol–water partition coefficient (Wildman–Crippen LogP) is 7.07. The number of allylic oxidation sites excluding steroid dienone is 3. The van der Waals surface area contributed by atoms with E-state index in [4.69, 9.17) is 15.6 Å². The summed E-state index contributed by atoms with van der Waals surface area (Å²) in [4.78, 5) is 33.0. The molecular formula is C41H59BrClN5O5. The van der Waals surface area contributed by atoms with E-state index in [1.54, 1.807) is 30.1 Å². The molecule has 1 aliphatic heterocycles. The summed E-state index contributed by atoms with van der Waals surface area (Å²) >= 11 is 0. The molecule has 0 unspecified atom stereocenters. The van der Waals surface area contributed by atoms with Crippen LogP contribution in [-0.2, 0) is 16.0 Å². The Labute approximate surface area is 333 Å². The molecule has 3 aromatic rings. The van der Waals surface area contributed by atoms with Crippen LogP contribution in [0.3, 0.4) is 0 Å². The average Bonchev–Trinajstić information content (AvgIpc) is 3.09. The number of fused-ring (bicyclic) bond motifs is 1. The molecule has 4 N–H and O–H groups in total. The number of nitrogens with zero attached hydrogens (tertiary/aromatic N) is 4. The van der Waals surface area contributed by atoms with Crippen molar-refractivity contribution in [2.24, 2.45) is 0 Å². The quantitative estimate of drug-likeness (QED) is 0.137. The summed E-state index contributed by atoms with van der Waals surface area (Å²) in [7, 11) is 3.68. The molecule has 0 aromatic heterocycles. The molecule has 2 aliphatic rings. The normalized spacial score (nSPS) is 13.1. The van der Waals surface area contributed by atoms with Crippen molar-refractivity contribution in [3.8, 4) is 11.5 Å². The van der Waals surface area contributed by atoms with Crippen LogP contribution in [0.5, 0.6) is 11.5 Å². The van der Waals surface area contributed by atoms with Crippen molar-refractivity contribution in [3.63, 3.8) is 0 Å². The maximum atomic E-state index is 12.4. The smallest absolute Gasteiger partial charge is 0.202 e. The number of carbonyl (C=O) groups is 2. The number of benzene rings is 3. The van der Waals surface area contributed by atoms with Crippen molar-refractivity contribution >= 4 is 63.7 Å². The number of hydrogen-bond acceptors (Lipinski definition) is 10. The lowest BCUT2D eigenvalue weighted by molar-refractivity contribution is -0.116. The Morgan fingerprint density at radius 1 is 0.849 bits per heavy atom. The van der Waals surface area contributed by atoms with Gasteiger partial charge in [0, 0.05) is 87.0 Å². The van der Waals surface area contributed by atoms with Gasteiger partial charge in [-0.25, -0.2) is 0 Å². The highest BCUT2D eigenvalue weighted by molar-refractivity contribution is 8.93. The topological polar surface area (TPSA) is 123 Å². The summed E-state index contributed by atoms with van der Waals surface area (Å²) < 4.78 is 5.40. The van der Waals surface area contributed by atoms with Crippen molar-refractivity contribution in [1.29, 1.82) is 0 Å². The molecule has 0 spiro atoms. The van der Waals surface area contributed by atoms with E-state index in [-0.39, 0.29) is 53.3 Å². The Hall–Kier alpha value is -4.19. The molecule has 0 saturated carbocycles. The molecule has 292 valence electrons. The van der Waals surface area contributed by atoms with Crippen LogP contribution in [0.4, 0.5) is 22.7 Å². The fourth-order valence-electron chi connectivity index (χ4n) is 6.02. The number of anilines is 4. The molecule has 3 aromatic carbocycles. The number of phenolic OH excluding ortho intramolecular Hbond substituents is 1. The largest absolute Gasteiger partial charge is 0.508 e. The summed E-state index contributed by atoms with van der Waals surface area (Å²) in [6.07, 6.45) is 3.23. The van der Waals surface area contributed by atoms with Gasteiger partial charge in [-0.2, -0.15) is 0 Å². The van der Waals surface area contributed by atoms with Crippen LogP contribution >= 0.6 is 29.4 Å². The van der Waals surface area contributed by atoms with Gasteiger partial charge in [-0.05, 0) is 102 Å². The third kappa shape index (κ3) is 13.6. The number of hydrogen-bond donors (Lipinski definition) is 3. The fourth-order valence-corrected chi connectivity index (χ4v) is 6.02. The first-order chi connectivity index (χ1) is 24.3. The minimum absolute atomic E-state index is 0. The van der Waals surface area contributed by atoms with Crippen LogP contribution in [0.2, 0.25) is 0 Å². The van der Waals surface area contributed by atoms with Gasteiger partial charge in [0.05, 0.1) is 24.5 Å². The molecule has 0 bridgehead atoms. The zero-order valence-corrected chi connectivity index (χ0v) is 34.9. The summed E-state index contributed by atoms with van der Waals surface area (Å²) in [5.74, 6) is 0.794. The van der Waals surface area contributed by atoms with Crippen molar-refractivity contribution in [3.05, 3.63) is 95.7 Å². The van der Waals surface area contributed by atoms with Crippen LogP contribution in [-0.4, -0.2) is 92.3 Å². The molecule has 0 atom stereocenters. The van der Waals surface area contributed by atoms with Crippen molar-refractivity contribution in [2.75, 3.05) is 73.9 Å². The number of rotatable bonds is 11. The Morgan fingerprint density at radius 2 is 1.40 bits per heavy atom. The van der Waals surface area contributed by atoms with Crippen molar-refractivity contribution in [1.82, 2.24) is 4.90 Å². The van der Waals surface area contributed by atoms with Gasteiger partial charge in [0.25, 0.3) is 0 Å². The van der Waals surface area contributed by atoms with Gasteiger partial charge in [-0.15, -0.1) is 29.4 Å². The van der Waals surface area contributed by atoms with Crippen LogP contribution in [0.25, 0.3) is 0 Å². The maximum Gasteiger partial charge on any atom is 0.202 e. The second kappa shape index (κ2) is 22.8. The molecule has 0 fully saturated rings. The van der Waals surface area contributed by atoms with Gasteiger partial charge >= 0.3 is 0 Å². The van der Waals surface area contributed by atoms with Gasteiger partial charge < -0.3 is 40.3 Å². The molecule has 0 saturated heterocycles. The molecule has 0 amide bonds. The minimum atomic E-state index is -0.191. The van der Waals surface area contributed by atoms with Gasteiger partial charge in [0.15, 0.2) is 5.78 Å². The highest BCUT2D eigenvalue weighted by Gasteiger charge is 2.23. The number of aromatic hydroxyl groups is 1. The summed E-state index contributed by atoms with van der Waals surface area (Å²) in [5.41, 5.74) is 11.6. The molecular weight excluding hydrogens is 758 g/mol. The van der Waals surface area contributed by atoms with Crippen LogP contribution in [0.1, 0.15) is 47.1 Å². The zero-order valence-electron chi connectivity index (χ0n) is 32.4. The second-order valence-electron chi connectivity index (χ2n) is 13.2. The number of phenols is 1. The Balaban J connectivity index is 0.000000435. The molecule has 53 heavy (non-hydrogen) atoms. The molecule has 10 nitrogen and oxygen atoms in total. The van der Waals surface area contributed by atoms with E-state index < -0.39 is 0 Å². The number of nitrogens with two attached hydrogens (primary N) is 1. The van der Waals surface area contributed by atoms with Crippen molar-refractivity contribution in [2.45, 2.75) is 60.0 Å². The average molecular weight is 817 g/mol. The minimum Gasteiger partial charge on any atom is -0.508 e. The van der Waals surface area contributed by atoms with Gasteiger partial charge in [0.1, 0.15) is 18.1 Å². The van der Waals surface area contributed by atoms with Gasteiger partial charge in [-0.3, -0.25) is 9.59 Å². The number of ketones is 2. The lowest BCUT2D eigenvalue weighted by Crippen LogP contribution is -2.30. The van der Waals surface area contributed by atoms with Crippen LogP contribution in [0.15, 0.2) is 90.2 Å². The van der Waals surface area contributed by atoms with E-state index in [1.807, 2.05) is 31.3 Å². The summed E-state index contributed by atoms with van der Waals surface area (Å²) in [6.45, 7) is 16.8. The number of halogens is 2. The lowest BCUT2D eigenvalue weighted by Gasteiger charge is -2.27. The highest BCUT2D eigenvalue weighted by Crippen LogP contribution is 2.33. The molecule has 1 heterocycles. The van der Waals surface area contributed by atoms with Crippen LogP contribution < -0.4 is 25.2 Å². The third-order valence-corrected chi connectivity index (χ3v) is 8.84. The Morgan fingerprint density at radius 3 is 1.91 bits per heavy atom. The first kappa shape index (κ1) is 46.8. The lowest BCUT2D eigenvalue weighted by atomic mass is 9.94. The first-order valence-electron chi connectivity index (χ1n) is 17.8. The molecule has 12 heteroatoms. The van der Waals surface area contributed by atoms with E-state index in [9.17, 15) is 14.7 Å². The van der Waals surface area contributed by atoms with Gasteiger partial charge in [0.2, 0.25) is 5.78 Å². The van der Waals surface area contributed by atoms with E-state index in [2.05, 4.69) is 80.5 Å². The number of aliphatic hydroxyl groups excluding tert-OH is 1. The number of likely N-dealkylation sites (N-methyl/N-ethyl adjacent to an activating group) is 2. The van der Waals surface area contributed by atoms with E-state index >= 15 is 0 Å². The third-order valence-electron chi connectivity index (χ3n) is 8.84. The predicted molar refractivity (Wildman–Crippen MR) is 228 cm³/mol. The van der Waals surface area contributed by atoms with E-state index in [0.717, 1.165) is 48.0 Å². The highest BCUT2D eigenvalue weighted by atomic mass is 79.9. The van der Waals surface area contributed by atoms with Gasteiger partial charge in [-0.1, -0.05) is 12.1 Å². The van der Waals surface area contributed by atoms with Crippen LogP contribution in [0, 0.1) is 0 Å². The molecule has 1 aliphatic carbocycles. The number of nitrogen functional groups attached to an aromatic ring is 1. The number of carbonyl (C=O) groups excluding carboxylic acids is 2. The first-order valence-corrected chi connectivity index (χ1v) is 17.8. The molecule has 0 radical (unpaired) electrons. The SMILES string of the molecule is Br.CCN(c1ccc(CC2=CC(=O)C(N(C)CCO)=CC2=O)cc1)C(C)C.CCN(c1ccc(N)cc1)C(C)C.CN1CCOc2ccc(O)cc21.Cl. The number of ether oxygens (including phenoxy) is 1. The molecule has 5 rings (SSSR count). The second-order valence-corrected chi connectivity index (χ2v) is 13.2. The summed E-state index contributed by atoms with van der Waals surface area (Å²) in [6, 6.07) is 22.3. The summed E-state index contributed by atoms with van der Waals surface area (Å²) in [5, 5.41) is 18.2. The zero-order chi connectivity index (χ0) is 37.7. The Kier molecular flexibility index (Phi) is 20.1.